The summed E-state index contributed by atoms with van der Waals surface area (Å²) in [6.45, 7) is 6.95. The number of hydrogen-bond donors (Lipinski definition) is 1. The van der Waals surface area contributed by atoms with Crippen LogP contribution in [0, 0.1) is 12.7 Å². The van der Waals surface area contributed by atoms with Crippen molar-refractivity contribution in [3.05, 3.63) is 29.6 Å². The van der Waals surface area contributed by atoms with Crippen molar-refractivity contribution in [3.8, 4) is 0 Å². The van der Waals surface area contributed by atoms with Gasteiger partial charge in [0, 0.05) is 18.3 Å². The molecule has 1 unspecified atom stereocenters. The van der Waals surface area contributed by atoms with Crippen molar-refractivity contribution in [1.82, 2.24) is 0 Å². The maximum absolute atomic E-state index is 13.2. The molecule has 1 aromatic rings. The first-order valence-electron chi connectivity index (χ1n) is 6.13. The largest absolute Gasteiger partial charge is 0.382 e. The average molecular weight is 237 g/mol. The fourth-order valence-electron chi connectivity index (χ4n) is 2.32. The van der Waals surface area contributed by atoms with Crippen LogP contribution >= 0.6 is 0 Å². The van der Waals surface area contributed by atoms with Gasteiger partial charge in [0.15, 0.2) is 0 Å². The monoisotopic (exact) mass is 237 g/mol. The van der Waals surface area contributed by atoms with Crippen LogP contribution in [-0.2, 0) is 4.74 Å². The molecule has 1 saturated heterocycles. The molecule has 2 rings (SSSR count). The molecule has 0 saturated carbocycles. The lowest BCUT2D eigenvalue weighted by Crippen LogP contribution is -2.40. The number of rotatable bonds is 2. The molecule has 1 fully saturated rings. The molecule has 1 aliphatic heterocycles. The summed E-state index contributed by atoms with van der Waals surface area (Å²) in [6, 6.07) is 5.23. The molecule has 1 aliphatic rings. The molecule has 0 aromatic heterocycles. The number of nitrogens with one attached hydrogen (secondary N) is 1. The van der Waals surface area contributed by atoms with Gasteiger partial charge in [-0.25, -0.2) is 4.39 Å². The first-order chi connectivity index (χ1) is 7.96. The Morgan fingerprint density at radius 1 is 1.41 bits per heavy atom. The Balaban J connectivity index is 2.07. The van der Waals surface area contributed by atoms with E-state index in [2.05, 4.69) is 19.2 Å². The Labute approximate surface area is 102 Å². The molecule has 0 spiro atoms. The van der Waals surface area contributed by atoms with Crippen LogP contribution in [0.5, 0.6) is 0 Å². The number of anilines is 1. The highest BCUT2D eigenvalue weighted by molar-refractivity contribution is 5.51. The Bertz CT molecular complexity index is 403. The molecule has 1 atom stereocenters. The maximum Gasteiger partial charge on any atom is 0.125 e. The summed E-state index contributed by atoms with van der Waals surface area (Å²) in [4.78, 5) is 0. The molecule has 1 aromatic carbocycles. The SMILES string of the molecule is Cc1ccc(F)cc1NC1CCOC(C)(C)C1. The van der Waals surface area contributed by atoms with Gasteiger partial charge < -0.3 is 10.1 Å². The zero-order valence-electron chi connectivity index (χ0n) is 10.7. The van der Waals surface area contributed by atoms with Crippen molar-refractivity contribution in [1.29, 1.82) is 0 Å². The zero-order chi connectivity index (χ0) is 12.5. The van der Waals surface area contributed by atoms with Gasteiger partial charge in [0.2, 0.25) is 0 Å². The van der Waals surface area contributed by atoms with Crippen LogP contribution in [0.15, 0.2) is 18.2 Å². The summed E-state index contributed by atoms with van der Waals surface area (Å²) in [5.41, 5.74) is 1.89. The quantitative estimate of drug-likeness (QED) is 0.850. The lowest BCUT2D eigenvalue weighted by Gasteiger charge is -2.36. The zero-order valence-corrected chi connectivity index (χ0v) is 10.7. The van der Waals surface area contributed by atoms with Gasteiger partial charge in [-0.05, 0) is 51.3 Å². The number of halogens is 1. The minimum Gasteiger partial charge on any atom is -0.382 e. The molecule has 1 N–H and O–H groups in total. The van der Waals surface area contributed by atoms with Crippen molar-refractivity contribution in [2.45, 2.75) is 45.3 Å². The molecule has 17 heavy (non-hydrogen) atoms. The van der Waals surface area contributed by atoms with Crippen molar-refractivity contribution in [2.75, 3.05) is 11.9 Å². The molecule has 0 radical (unpaired) electrons. The van der Waals surface area contributed by atoms with Crippen LogP contribution in [-0.4, -0.2) is 18.2 Å². The molecule has 94 valence electrons. The standard InChI is InChI=1S/C14H20FNO/c1-10-4-5-11(15)8-13(10)16-12-6-7-17-14(2,3)9-12/h4-5,8,12,16H,6-7,9H2,1-3H3. The summed E-state index contributed by atoms with van der Waals surface area (Å²) in [5, 5.41) is 3.43. The van der Waals surface area contributed by atoms with Gasteiger partial charge in [0.25, 0.3) is 0 Å². The molecule has 3 heteroatoms. The fourth-order valence-corrected chi connectivity index (χ4v) is 2.32. The van der Waals surface area contributed by atoms with Crippen molar-refractivity contribution >= 4 is 5.69 Å². The highest BCUT2D eigenvalue weighted by atomic mass is 19.1. The minimum absolute atomic E-state index is 0.0862. The third kappa shape index (κ3) is 3.19. The predicted molar refractivity (Wildman–Crippen MR) is 67.8 cm³/mol. The molecule has 2 nitrogen and oxygen atoms in total. The third-order valence-electron chi connectivity index (χ3n) is 3.26. The molecule has 0 bridgehead atoms. The van der Waals surface area contributed by atoms with E-state index < -0.39 is 0 Å². The summed E-state index contributed by atoms with van der Waals surface area (Å²) in [7, 11) is 0. The minimum atomic E-state index is -0.190. The Morgan fingerprint density at radius 3 is 2.88 bits per heavy atom. The van der Waals surface area contributed by atoms with E-state index in [9.17, 15) is 4.39 Å². The fraction of sp³-hybridized carbons (Fsp3) is 0.571. The van der Waals surface area contributed by atoms with E-state index in [4.69, 9.17) is 4.74 Å². The summed E-state index contributed by atoms with van der Waals surface area (Å²) >= 11 is 0. The van der Waals surface area contributed by atoms with Crippen molar-refractivity contribution in [3.63, 3.8) is 0 Å². The van der Waals surface area contributed by atoms with Gasteiger partial charge in [0.05, 0.1) is 5.60 Å². The van der Waals surface area contributed by atoms with E-state index in [0.29, 0.717) is 6.04 Å². The maximum atomic E-state index is 13.2. The molecular weight excluding hydrogens is 217 g/mol. The predicted octanol–water partition coefficient (Wildman–Crippen LogP) is 3.50. The van der Waals surface area contributed by atoms with Crippen LogP contribution in [0.3, 0.4) is 0 Å². The van der Waals surface area contributed by atoms with Gasteiger partial charge in [-0.15, -0.1) is 0 Å². The first-order valence-corrected chi connectivity index (χ1v) is 6.13. The van der Waals surface area contributed by atoms with Crippen LogP contribution in [0.2, 0.25) is 0 Å². The second-order valence-corrected chi connectivity index (χ2v) is 5.40. The molecule has 1 heterocycles. The highest BCUT2D eigenvalue weighted by Gasteiger charge is 2.28. The van der Waals surface area contributed by atoms with Crippen LogP contribution in [0.1, 0.15) is 32.3 Å². The van der Waals surface area contributed by atoms with Gasteiger partial charge in [-0.2, -0.15) is 0 Å². The Morgan fingerprint density at radius 2 is 2.18 bits per heavy atom. The van der Waals surface area contributed by atoms with E-state index in [-0.39, 0.29) is 11.4 Å². The van der Waals surface area contributed by atoms with Gasteiger partial charge in [-0.1, -0.05) is 6.07 Å². The molecule has 0 amide bonds. The Kier molecular flexibility index (Phi) is 3.38. The number of hydrogen-bond acceptors (Lipinski definition) is 2. The smallest absolute Gasteiger partial charge is 0.125 e. The van der Waals surface area contributed by atoms with E-state index in [1.54, 1.807) is 6.07 Å². The molecule has 0 aliphatic carbocycles. The van der Waals surface area contributed by atoms with Gasteiger partial charge in [0.1, 0.15) is 5.82 Å². The highest BCUT2D eigenvalue weighted by Crippen LogP contribution is 2.27. The first kappa shape index (κ1) is 12.4. The van der Waals surface area contributed by atoms with E-state index in [1.165, 1.54) is 6.07 Å². The van der Waals surface area contributed by atoms with Crippen LogP contribution in [0.25, 0.3) is 0 Å². The number of ether oxygens (including phenoxy) is 1. The van der Waals surface area contributed by atoms with Crippen molar-refractivity contribution in [2.24, 2.45) is 0 Å². The van der Waals surface area contributed by atoms with Gasteiger partial charge in [-0.3, -0.25) is 0 Å². The average Bonchev–Trinajstić information content (AvgIpc) is 2.22. The van der Waals surface area contributed by atoms with Crippen LogP contribution in [0.4, 0.5) is 10.1 Å². The number of aryl methyl sites for hydroxylation is 1. The Hall–Kier alpha value is -1.09. The second kappa shape index (κ2) is 4.65. The lowest BCUT2D eigenvalue weighted by atomic mass is 9.93. The van der Waals surface area contributed by atoms with E-state index in [1.807, 2.05) is 13.0 Å². The molecular formula is C14H20FNO. The van der Waals surface area contributed by atoms with Gasteiger partial charge >= 0.3 is 0 Å². The summed E-state index contributed by atoms with van der Waals surface area (Å²) < 4.78 is 18.9. The number of benzene rings is 1. The second-order valence-electron chi connectivity index (χ2n) is 5.40. The lowest BCUT2D eigenvalue weighted by molar-refractivity contribution is -0.0553. The van der Waals surface area contributed by atoms with Crippen LogP contribution < -0.4 is 5.32 Å². The third-order valence-corrected chi connectivity index (χ3v) is 3.26. The topological polar surface area (TPSA) is 21.3 Å². The van der Waals surface area contributed by atoms with Crippen molar-refractivity contribution < 1.29 is 9.13 Å². The van der Waals surface area contributed by atoms with E-state index in [0.717, 1.165) is 30.7 Å². The summed E-state index contributed by atoms with van der Waals surface area (Å²) in [5.74, 6) is -0.190. The van der Waals surface area contributed by atoms with E-state index >= 15 is 0 Å². The normalized spacial score (nSPS) is 23.4. The summed E-state index contributed by atoms with van der Waals surface area (Å²) in [6.07, 6.45) is 1.92.